The van der Waals surface area contributed by atoms with Gasteiger partial charge in [-0.3, -0.25) is 0 Å². The van der Waals surface area contributed by atoms with E-state index in [2.05, 4.69) is 14.7 Å². The fourth-order valence-electron chi connectivity index (χ4n) is 2.05. The average molecular weight is 286 g/mol. The number of fused-ring (bicyclic) bond motifs is 3. The normalized spacial score (nSPS) is 11.0. The van der Waals surface area contributed by atoms with Crippen LogP contribution in [-0.4, -0.2) is 29.7 Å². The van der Waals surface area contributed by atoms with Crippen LogP contribution in [0.15, 0.2) is 28.7 Å². The number of esters is 1. The van der Waals surface area contributed by atoms with Gasteiger partial charge in [0.15, 0.2) is 6.61 Å². The van der Waals surface area contributed by atoms with Crippen molar-refractivity contribution in [3.63, 3.8) is 0 Å². The van der Waals surface area contributed by atoms with Gasteiger partial charge in [0.2, 0.25) is 5.58 Å². The highest BCUT2D eigenvalue weighted by Crippen LogP contribution is 2.32. The molecule has 2 heterocycles. The predicted molar refractivity (Wildman–Crippen MR) is 76.2 cm³/mol. The summed E-state index contributed by atoms with van der Waals surface area (Å²) in [6, 6.07) is 7.58. The second-order valence-corrected chi connectivity index (χ2v) is 4.44. The molecule has 0 fully saturated rings. The molecule has 0 atom stereocenters. The highest BCUT2D eigenvalue weighted by Gasteiger charge is 2.17. The molecule has 108 valence electrons. The molecular weight excluding hydrogens is 272 g/mol. The number of carbonyl (C=O) groups is 1. The summed E-state index contributed by atoms with van der Waals surface area (Å²) in [5.41, 5.74) is 1.84. The van der Waals surface area contributed by atoms with Crippen LogP contribution in [-0.2, 0) is 16.0 Å². The summed E-state index contributed by atoms with van der Waals surface area (Å²) in [7, 11) is 1.31. The molecular formula is C15H14N2O4. The first-order valence-electron chi connectivity index (χ1n) is 6.60. The van der Waals surface area contributed by atoms with Gasteiger partial charge in [-0.25, -0.2) is 9.78 Å². The van der Waals surface area contributed by atoms with Crippen molar-refractivity contribution >= 4 is 28.0 Å². The largest absolute Gasteiger partial charge is 0.466 e. The number of hydrogen-bond acceptors (Lipinski definition) is 6. The maximum absolute atomic E-state index is 11.2. The Hall–Kier alpha value is -2.63. The fraction of sp³-hybridized carbons (Fsp3) is 0.267. The zero-order valence-corrected chi connectivity index (χ0v) is 11.8. The monoisotopic (exact) mass is 286 g/mol. The van der Waals surface area contributed by atoms with Crippen LogP contribution in [0.5, 0.6) is 5.88 Å². The number of methoxy groups -OCH3 is 1. The number of aryl methyl sites for hydroxylation is 1. The Morgan fingerprint density at radius 1 is 1.29 bits per heavy atom. The summed E-state index contributed by atoms with van der Waals surface area (Å²) in [6.45, 7) is 1.73. The summed E-state index contributed by atoms with van der Waals surface area (Å²) < 4.78 is 15.7. The zero-order chi connectivity index (χ0) is 14.8. The van der Waals surface area contributed by atoms with Gasteiger partial charge in [0.05, 0.1) is 7.11 Å². The van der Waals surface area contributed by atoms with E-state index in [1.807, 2.05) is 31.2 Å². The second kappa shape index (κ2) is 5.40. The first-order chi connectivity index (χ1) is 10.2. The van der Waals surface area contributed by atoms with Crippen LogP contribution in [0.4, 0.5) is 0 Å². The van der Waals surface area contributed by atoms with Gasteiger partial charge >= 0.3 is 5.97 Å². The summed E-state index contributed by atoms with van der Waals surface area (Å²) in [5, 5.41) is 0.896. The molecule has 0 aliphatic carbocycles. The third-order valence-electron chi connectivity index (χ3n) is 3.11. The molecule has 0 unspecified atom stereocenters. The molecule has 0 spiro atoms. The zero-order valence-electron chi connectivity index (χ0n) is 11.8. The fourth-order valence-corrected chi connectivity index (χ4v) is 2.05. The van der Waals surface area contributed by atoms with Gasteiger partial charge < -0.3 is 13.9 Å². The van der Waals surface area contributed by atoms with E-state index < -0.39 is 5.97 Å². The Bertz CT molecular complexity index is 810. The number of ether oxygens (including phenoxy) is 2. The lowest BCUT2D eigenvalue weighted by atomic mass is 10.2. The number of rotatable bonds is 4. The molecule has 0 amide bonds. The van der Waals surface area contributed by atoms with Gasteiger partial charge in [0.1, 0.15) is 16.9 Å². The molecule has 6 nitrogen and oxygen atoms in total. The van der Waals surface area contributed by atoms with Crippen LogP contribution in [0.2, 0.25) is 0 Å². The minimum atomic E-state index is -0.476. The van der Waals surface area contributed by atoms with Gasteiger partial charge in [-0.15, -0.1) is 0 Å². The van der Waals surface area contributed by atoms with E-state index in [1.54, 1.807) is 0 Å². The van der Waals surface area contributed by atoms with Crippen LogP contribution < -0.4 is 4.74 Å². The van der Waals surface area contributed by atoms with Gasteiger partial charge in [-0.05, 0) is 12.1 Å². The highest BCUT2D eigenvalue weighted by atomic mass is 16.6. The molecule has 3 aromatic rings. The van der Waals surface area contributed by atoms with Crippen LogP contribution in [0.25, 0.3) is 22.1 Å². The van der Waals surface area contributed by atoms with E-state index in [1.165, 1.54) is 7.11 Å². The van der Waals surface area contributed by atoms with Crippen molar-refractivity contribution in [2.45, 2.75) is 13.3 Å². The second-order valence-electron chi connectivity index (χ2n) is 4.44. The average Bonchev–Trinajstić information content (AvgIpc) is 2.90. The smallest absolute Gasteiger partial charge is 0.343 e. The topological polar surface area (TPSA) is 74.5 Å². The maximum Gasteiger partial charge on any atom is 0.343 e. The van der Waals surface area contributed by atoms with Crippen molar-refractivity contribution in [3.05, 3.63) is 30.1 Å². The first-order valence-corrected chi connectivity index (χ1v) is 6.60. The Morgan fingerprint density at radius 2 is 2.10 bits per heavy atom. The van der Waals surface area contributed by atoms with Crippen molar-refractivity contribution in [1.29, 1.82) is 0 Å². The SMILES string of the molecule is CCc1nc(OCC(=O)OC)c2oc3ccccc3c2n1. The minimum absolute atomic E-state index is 0.219. The molecule has 3 rings (SSSR count). The van der Waals surface area contributed by atoms with Crippen LogP contribution in [0.3, 0.4) is 0 Å². The third-order valence-corrected chi connectivity index (χ3v) is 3.11. The molecule has 0 bridgehead atoms. The Labute approximate surface area is 120 Å². The van der Waals surface area contributed by atoms with E-state index >= 15 is 0 Å². The molecule has 21 heavy (non-hydrogen) atoms. The van der Waals surface area contributed by atoms with E-state index in [0.29, 0.717) is 28.9 Å². The van der Waals surface area contributed by atoms with Crippen molar-refractivity contribution in [1.82, 2.24) is 9.97 Å². The van der Waals surface area contributed by atoms with Gasteiger partial charge in [-0.2, -0.15) is 4.98 Å². The van der Waals surface area contributed by atoms with Gasteiger partial charge in [-0.1, -0.05) is 19.1 Å². The van der Waals surface area contributed by atoms with E-state index in [0.717, 1.165) is 5.39 Å². The van der Waals surface area contributed by atoms with Crippen LogP contribution in [0.1, 0.15) is 12.7 Å². The number of aromatic nitrogens is 2. The van der Waals surface area contributed by atoms with E-state index in [9.17, 15) is 4.79 Å². The molecule has 0 radical (unpaired) electrons. The Morgan fingerprint density at radius 3 is 2.86 bits per heavy atom. The number of furan rings is 1. The number of para-hydroxylation sites is 1. The number of carbonyl (C=O) groups excluding carboxylic acids is 1. The van der Waals surface area contributed by atoms with Crippen LogP contribution in [0, 0.1) is 0 Å². The van der Waals surface area contributed by atoms with Crippen LogP contribution >= 0.6 is 0 Å². The van der Waals surface area contributed by atoms with E-state index in [4.69, 9.17) is 9.15 Å². The molecule has 6 heteroatoms. The lowest BCUT2D eigenvalue weighted by Crippen LogP contribution is -2.13. The molecule has 0 saturated heterocycles. The first kappa shape index (κ1) is 13.4. The Kier molecular flexibility index (Phi) is 3.43. The standard InChI is InChI=1S/C15H14N2O4/c1-3-11-16-13-9-6-4-5-7-10(9)21-14(13)15(17-11)20-8-12(18)19-2/h4-7H,3,8H2,1-2H3. The molecule has 1 aromatic carbocycles. The highest BCUT2D eigenvalue weighted by molar-refractivity contribution is 6.03. The van der Waals surface area contributed by atoms with Crippen molar-refractivity contribution in [2.75, 3.05) is 13.7 Å². The van der Waals surface area contributed by atoms with E-state index in [-0.39, 0.29) is 12.5 Å². The minimum Gasteiger partial charge on any atom is -0.466 e. The summed E-state index contributed by atoms with van der Waals surface area (Å²) in [6.07, 6.45) is 0.657. The molecule has 0 saturated carbocycles. The van der Waals surface area contributed by atoms with Crippen molar-refractivity contribution < 1.29 is 18.7 Å². The number of nitrogens with zero attached hydrogens (tertiary/aromatic N) is 2. The summed E-state index contributed by atoms with van der Waals surface area (Å²) >= 11 is 0. The summed E-state index contributed by atoms with van der Waals surface area (Å²) in [4.78, 5) is 20.0. The van der Waals surface area contributed by atoms with Crippen molar-refractivity contribution in [2.24, 2.45) is 0 Å². The Balaban J connectivity index is 2.15. The maximum atomic E-state index is 11.2. The third kappa shape index (κ3) is 2.40. The molecule has 0 N–H and O–H groups in total. The predicted octanol–water partition coefficient (Wildman–Crippen LogP) is 2.49. The molecule has 0 aliphatic heterocycles. The summed E-state index contributed by atoms with van der Waals surface area (Å²) in [5.74, 6) is 0.420. The molecule has 2 aromatic heterocycles. The number of hydrogen-bond donors (Lipinski definition) is 0. The quantitative estimate of drug-likeness (QED) is 0.686. The van der Waals surface area contributed by atoms with Gasteiger partial charge in [0, 0.05) is 11.8 Å². The van der Waals surface area contributed by atoms with Crippen molar-refractivity contribution in [3.8, 4) is 5.88 Å². The number of benzene rings is 1. The molecule has 0 aliphatic rings. The lowest BCUT2D eigenvalue weighted by molar-refractivity contribution is -0.143. The lowest BCUT2D eigenvalue weighted by Gasteiger charge is -2.05. The van der Waals surface area contributed by atoms with Gasteiger partial charge in [0.25, 0.3) is 5.88 Å².